The van der Waals surface area contributed by atoms with Crippen LogP contribution in [0.25, 0.3) is 0 Å². The van der Waals surface area contributed by atoms with E-state index in [4.69, 9.17) is 0 Å². The summed E-state index contributed by atoms with van der Waals surface area (Å²) in [4.78, 5) is 76.9. The summed E-state index contributed by atoms with van der Waals surface area (Å²) in [6, 6.07) is 7.23. The molecule has 0 bridgehead atoms. The SMILES string of the molecule is C=C[C@@H]1C[C@]1(CC(=O)[C@@H]1C[C@@]2(CN1C(=O)[C@@H](CC(=O)[C@@H](NC(=O)[C@@H]1CCCCN1C(C)C)c1ccccc1)C(C)(C)C)C(C)(C)C21CCC1)C(=O)NS(=O)(=O)N1CCCC1. The fourth-order valence-corrected chi connectivity index (χ4v) is 13.6. The number of Topliss-reactive ketones (excluding diaryl/α,β-unsaturated/α-hetero) is 2. The molecule has 3 heterocycles. The quantitative estimate of drug-likeness (QED) is 0.200. The molecule has 1 aromatic carbocycles. The average molecular weight is 848 g/mol. The van der Waals surface area contributed by atoms with Gasteiger partial charge in [0.15, 0.2) is 11.6 Å². The molecule has 2 spiro atoms. The largest absolute Gasteiger partial charge is 0.341 e. The second-order valence-corrected chi connectivity index (χ2v) is 22.7. The lowest BCUT2D eigenvalue weighted by Gasteiger charge is -2.38. The lowest BCUT2D eigenvalue weighted by Crippen LogP contribution is -2.53. The molecule has 330 valence electrons. The van der Waals surface area contributed by atoms with E-state index in [0.717, 1.165) is 51.5 Å². The van der Waals surface area contributed by atoms with Gasteiger partial charge in [0.05, 0.1) is 17.5 Å². The van der Waals surface area contributed by atoms with E-state index in [1.165, 1.54) is 4.31 Å². The average Bonchev–Trinajstić information content (AvgIpc) is 3.63. The van der Waals surface area contributed by atoms with Crippen LogP contribution in [0, 0.1) is 38.9 Å². The van der Waals surface area contributed by atoms with Gasteiger partial charge < -0.3 is 10.2 Å². The van der Waals surface area contributed by atoms with Crippen LogP contribution in [0.5, 0.6) is 0 Å². The summed E-state index contributed by atoms with van der Waals surface area (Å²) >= 11 is 0. The summed E-state index contributed by atoms with van der Waals surface area (Å²) in [7, 11) is -4.07. The zero-order valence-corrected chi connectivity index (χ0v) is 37.9. The first-order valence-electron chi connectivity index (χ1n) is 22.6. The fraction of sp³-hybridized carbons (Fsp3) is 0.723. The number of allylic oxidation sites excluding steroid dienone is 1. The molecule has 0 radical (unpaired) electrons. The normalized spacial score (nSPS) is 30.7. The monoisotopic (exact) mass is 847 g/mol. The summed E-state index contributed by atoms with van der Waals surface area (Å²) < 4.78 is 30.0. The van der Waals surface area contributed by atoms with Crippen LogP contribution >= 0.6 is 0 Å². The van der Waals surface area contributed by atoms with Crippen LogP contribution in [0.2, 0.25) is 0 Å². The minimum absolute atomic E-state index is 0.00832. The van der Waals surface area contributed by atoms with Crippen molar-refractivity contribution in [2.75, 3.05) is 26.2 Å². The molecule has 7 atom stereocenters. The molecule has 6 fully saturated rings. The Labute approximate surface area is 358 Å². The lowest BCUT2D eigenvalue weighted by molar-refractivity contribution is -0.146. The van der Waals surface area contributed by atoms with Crippen molar-refractivity contribution in [2.45, 2.75) is 150 Å². The molecule has 3 saturated carbocycles. The van der Waals surface area contributed by atoms with E-state index in [0.29, 0.717) is 44.5 Å². The van der Waals surface area contributed by atoms with Crippen molar-refractivity contribution >= 4 is 39.5 Å². The zero-order chi connectivity index (χ0) is 43.6. The molecule has 2 N–H and O–H groups in total. The molecule has 12 nitrogen and oxygen atoms in total. The highest BCUT2D eigenvalue weighted by atomic mass is 32.2. The minimum atomic E-state index is -4.07. The highest BCUT2D eigenvalue weighted by Gasteiger charge is 2.85. The molecular formula is C47H69N5O7S. The number of likely N-dealkylation sites (tertiary alicyclic amines) is 2. The number of carbonyl (C=O) groups is 5. The number of piperidine rings is 1. The minimum Gasteiger partial charge on any atom is -0.341 e. The predicted molar refractivity (Wildman–Crippen MR) is 230 cm³/mol. The Morgan fingerprint density at radius 3 is 2.10 bits per heavy atom. The number of benzene rings is 1. The molecule has 7 rings (SSSR count). The predicted octanol–water partition coefficient (Wildman–Crippen LogP) is 6.13. The van der Waals surface area contributed by atoms with Crippen LogP contribution in [0.1, 0.15) is 137 Å². The van der Waals surface area contributed by atoms with Gasteiger partial charge in [-0.15, -0.1) is 6.58 Å². The summed E-state index contributed by atoms with van der Waals surface area (Å²) in [5, 5.41) is 3.13. The smallest absolute Gasteiger partial charge is 0.303 e. The van der Waals surface area contributed by atoms with Crippen molar-refractivity contribution in [2.24, 2.45) is 38.9 Å². The van der Waals surface area contributed by atoms with Gasteiger partial charge in [0.25, 0.3) is 0 Å². The second kappa shape index (κ2) is 16.0. The van der Waals surface area contributed by atoms with Gasteiger partial charge in [-0.05, 0) is 99.5 Å². The molecule has 60 heavy (non-hydrogen) atoms. The van der Waals surface area contributed by atoms with Crippen molar-refractivity contribution in [1.29, 1.82) is 0 Å². The van der Waals surface area contributed by atoms with Crippen LogP contribution in [0.3, 0.4) is 0 Å². The summed E-state index contributed by atoms with van der Waals surface area (Å²) in [5.74, 6) is -2.88. The van der Waals surface area contributed by atoms with Gasteiger partial charge in [-0.1, -0.05) is 83.9 Å². The van der Waals surface area contributed by atoms with Gasteiger partial charge in [0.1, 0.15) is 6.04 Å². The number of nitrogens with one attached hydrogen (secondary N) is 2. The fourth-order valence-electron chi connectivity index (χ4n) is 12.3. The number of rotatable bonds is 15. The third-order valence-corrected chi connectivity index (χ3v) is 17.9. The Balaban J connectivity index is 1.16. The number of nitrogens with zero attached hydrogens (tertiary/aromatic N) is 3. The molecule has 3 aliphatic carbocycles. The zero-order valence-electron chi connectivity index (χ0n) is 37.1. The van der Waals surface area contributed by atoms with Crippen LogP contribution in [-0.4, -0.2) is 96.1 Å². The van der Waals surface area contributed by atoms with Crippen molar-refractivity contribution < 1.29 is 32.4 Å². The van der Waals surface area contributed by atoms with Crippen LogP contribution < -0.4 is 10.0 Å². The Kier molecular flexibility index (Phi) is 11.9. The summed E-state index contributed by atoms with van der Waals surface area (Å²) in [5.41, 5.74) is -1.71. The number of carbonyl (C=O) groups excluding carboxylic acids is 5. The molecule has 0 unspecified atom stereocenters. The summed E-state index contributed by atoms with van der Waals surface area (Å²) in [6.07, 6.45) is 9.28. The van der Waals surface area contributed by atoms with Gasteiger partial charge in [-0.3, -0.25) is 28.9 Å². The third kappa shape index (κ3) is 7.50. The second-order valence-electron chi connectivity index (χ2n) is 21.0. The van der Waals surface area contributed by atoms with Gasteiger partial charge in [-0.2, -0.15) is 12.7 Å². The maximum absolute atomic E-state index is 15.4. The van der Waals surface area contributed by atoms with E-state index in [1.807, 2.05) is 51.1 Å². The van der Waals surface area contributed by atoms with Crippen LogP contribution in [0.15, 0.2) is 43.0 Å². The van der Waals surface area contributed by atoms with Crippen LogP contribution in [-0.2, 0) is 34.2 Å². The molecule has 0 aromatic heterocycles. The van der Waals surface area contributed by atoms with E-state index >= 15 is 4.79 Å². The molecule has 3 saturated heterocycles. The van der Waals surface area contributed by atoms with E-state index in [9.17, 15) is 27.6 Å². The summed E-state index contributed by atoms with van der Waals surface area (Å²) in [6.45, 7) is 20.3. The Bertz CT molecular complexity index is 1980. The molecule has 13 heteroatoms. The standard InChI is InChI=1S/C47H69N5O7S/c1-9-33-27-45(33,42(57)49-60(58,59)50-23-15-16-24-50)29-38(54)36-28-47(44(7,8)46(47)21-17-22-46)30-52(36)41(56)34(43(4,5)6)26-37(53)39(32-18-11-10-12-19-32)48-40(55)35-20-13-14-25-51(35)31(2)3/h9-12,18-19,31,33-36,39H,1,13-17,20-30H2,2-8H3,(H,48,55)(H,49,57)/t33-,34-,35+,36+,39+,45-,47-/m1/s1. The van der Waals surface area contributed by atoms with Gasteiger partial charge in [0, 0.05) is 49.9 Å². The first-order valence-corrected chi connectivity index (χ1v) is 24.0. The highest BCUT2D eigenvalue weighted by molar-refractivity contribution is 7.87. The van der Waals surface area contributed by atoms with Gasteiger partial charge >= 0.3 is 10.2 Å². The first kappa shape index (κ1) is 44.6. The van der Waals surface area contributed by atoms with Crippen LogP contribution in [0.4, 0.5) is 0 Å². The molecule has 1 aromatic rings. The van der Waals surface area contributed by atoms with E-state index in [-0.39, 0.29) is 70.5 Å². The lowest BCUT2D eigenvalue weighted by atomic mass is 9.73. The number of fused-ring (bicyclic) bond motifs is 1. The van der Waals surface area contributed by atoms with Crippen molar-refractivity contribution in [1.82, 2.24) is 24.1 Å². The Morgan fingerprint density at radius 1 is 0.900 bits per heavy atom. The van der Waals surface area contributed by atoms with E-state index in [1.54, 1.807) is 11.0 Å². The Morgan fingerprint density at radius 2 is 1.55 bits per heavy atom. The maximum Gasteiger partial charge on any atom is 0.303 e. The number of amides is 3. The van der Waals surface area contributed by atoms with E-state index < -0.39 is 44.9 Å². The molecular weight excluding hydrogens is 779 g/mol. The molecule has 3 aliphatic heterocycles. The topological polar surface area (TPSA) is 153 Å². The first-order chi connectivity index (χ1) is 28.2. The van der Waals surface area contributed by atoms with Crippen molar-refractivity contribution in [3.05, 3.63) is 48.6 Å². The maximum atomic E-state index is 15.4. The number of hydrogen-bond acceptors (Lipinski definition) is 8. The number of hydrogen-bond donors (Lipinski definition) is 2. The molecule has 3 amide bonds. The van der Waals surface area contributed by atoms with E-state index in [2.05, 4.69) is 49.2 Å². The molecule has 6 aliphatic rings. The van der Waals surface area contributed by atoms with Crippen molar-refractivity contribution in [3.63, 3.8) is 0 Å². The third-order valence-electron chi connectivity index (χ3n) is 16.5. The number of ketones is 2. The Hall–Kier alpha value is -3.42. The highest BCUT2D eigenvalue weighted by Crippen LogP contribution is 2.88. The van der Waals surface area contributed by atoms with Crippen molar-refractivity contribution in [3.8, 4) is 0 Å². The van der Waals surface area contributed by atoms with Gasteiger partial charge in [0.2, 0.25) is 17.7 Å². The van der Waals surface area contributed by atoms with Gasteiger partial charge in [-0.25, -0.2) is 4.72 Å².